The van der Waals surface area contributed by atoms with Gasteiger partial charge >= 0.3 is 0 Å². The first-order chi connectivity index (χ1) is 11.4. The molecule has 2 aromatic rings. The maximum absolute atomic E-state index is 12.1. The average molecular weight is 341 g/mol. The van der Waals surface area contributed by atoms with Gasteiger partial charge in [-0.3, -0.25) is 4.79 Å². The predicted molar refractivity (Wildman–Crippen MR) is 105 cm³/mol. The minimum atomic E-state index is -0.105. The highest BCUT2D eigenvalue weighted by atomic mass is 32.1. The van der Waals surface area contributed by atoms with Gasteiger partial charge in [0.15, 0.2) is 5.11 Å². The van der Waals surface area contributed by atoms with Crippen molar-refractivity contribution in [2.24, 2.45) is 0 Å². The molecule has 0 bridgehead atoms. The standard InChI is InChI=1S/C19H23N3OS/c1-13-8-10-16(11-9-13)20-18(23)12-22(4)19(24)21-17-7-5-6-14(2)15(17)3/h5-11H,12H2,1-4H3,(H,20,23)(H,21,24). The van der Waals surface area contributed by atoms with Crippen molar-refractivity contribution in [3.05, 3.63) is 59.2 Å². The summed E-state index contributed by atoms with van der Waals surface area (Å²) in [6.07, 6.45) is 0. The molecule has 126 valence electrons. The van der Waals surface area contributed by atoms with E-state index < -0.39 is 0 Å². The Labute approximate surface area is 148 Å². The first-order valence-electron chi connectivity index (χ1n) is 7.81. The van der Waals surface area contributed by atoms with Crippen LogP contribution in [0.1, 0.15) is 16.7 Å². The van der Waals surface area contributed by atoms with E-state index in [1.165, 1.54) is 5.56 Å². The van der Waals surface area contributed by atoms with Gasteiger partial charge < -0.3 is 15.5 Å². The third-order valence-corrected chi connectivity index (χ3v) is 4.32. The number of amides is 1. The molecule has 0 fully saturated rings. The Morgan fingerprint density at radius 3 is 2.38 bits per heavy atom. The van der Waals surface area contributed by atoms with E-state index in [9.17, 15) is 4.79 Å². The average Bonchev–Trinajstić information content (AvgIpc) is 2.54. The Bertz CT molecular complexity index is 741. The van der Waals surface area contributed by atoms with Crippen LogP contribution < -0.4 is 10.6 Å². The van der Waals surface area contributed by atoms with Crippen LogP contribution in [0, 0.1) is 20.8 Å². The number of carbonyl (C=O) groups is 1. The van der Waals surface area contributed by atoms with Crippen LogP contribution in [0.15, 0.2) is 42.5 Å². The molecule has 1 amide bonds. The highest BCUT2D eigenvalue weighted by Gasteiger charge is 2.11. The molecule has 2 aromatic carbocycles. The number of aryl methyl sites for hydroxylation is 2. The number of nitrogens with zero attached hydrogens (tertiary/aromatic N) is 1. The minimum absolute atomic E-state index is 0.105. The molecule has 2 rings (SSSR count). The SMILES string of the molecule is Cc1ccc(NC(=O)CN(C)C(=S)Nc2cccc(C)c2C)cc1. The molecule has 0 aliphatic carbocycles. The fourth-order valence-corrected chi connectivity index (χ4v) is 2.40. The molecule has 0 saturated carbocycles. The number of thiocarbonyl (C=S) groups is 1. The van der Waals surface area contributed by atoms with Crippen molar-refractivity contribution in [2.75, 3.05) is 24.2 Å². The van der Waals surface area contributed by atoms with Gasteiger partial charge in [0.1, 0.15) is 0 Å². The quantitative estimate of drug-likeness (QED) is 0.829. The van der Waals surface area contributed by atoms with Crippen LogP contribution >= 0.6 is 12.2 Å². The largest absolute Gasteiger partial charge is 0.343 e. The topological polar surface area (TPSA) is 44.4 Å². The lowest BCUT2D eigenvalue weighted by Gasteiger charge is -2.21. The maximum atomic E-state index is 12.1. The monoisotopic (exact) mass is 341 g/mol. The van der Waals surface area contributed by atoms with E-state index in [2.05, 4.69) is 23.6 Å². The number of anilines is 2. The molecule has 0 aliphatic heterocycles. The van der Waals surface area contributed by atoms with Gasteiger partial charge in [-0.15, -0.1) is 0 Å². The molecule has 0 aromatic heterocycles. The number of likely N-dealkylation sites (N-methyl/N-ethyl adjacent to an activating group) is 1. The van der Waals surface area contributed by atoms with Crippen LogP contribution in [-0.2, 0) is 4.79 Å². The summed E-state index contributed by atoms with van der Waals surface area (Å²) in [7, 11) is 1.80. The fourth-order valence-electron chi connectivity index (χ4n) is 2.22. The van der Waals surface area contributed by atoms with Crippen molar-refractivity contribution >= 4 is 34.6 Å². The number of hydrogen-bond donors (Lipinski definition) is 2. The highest BCUT2D eigenvalue weighted by molar-refractivity contribution is 7.80. The second-order valence-corrected chi connectivity index (χ2v) is 6.33. The number of benzene rings is 2. The second kappa shape index (κ2) is 7.93. The molecule has 5 heteroatoms. The van der Waals surface area contributed by atoms with Crippen molar-refractivity contribution < 1.29 is 4.79 Å². The summed E-state index contributed by atoms with van der Waals surface area (Å²) in [5.74, 6) is -0.105. The van der Waals surface area contributed by atoms with E-state index >= 15 is 0 Å². The molecular weight excluding hydrogens is 318 g/mol. The zero-order chi connectivity index (χ0) is 17.7. The molecule has 0 spiro atoms. The van der Waals surface area contributed by atoms with Gasteiger partial charge in [-0.25, -0.2) is 0 Å². The smallest absolute Gasteiger partial charge is 0.243 e. The van der Waals surface area contributed by atoms with Crippen molar-refractivity contribution in [1.29, 1.82) is 0 Å². The van der Waals surface area contributed by atoms with Gasteiger partial charge in [-0.2, -0.15) is 0 Å². The lowest BCUT2D eigenvalue weighted by atomic mass is 10.1. The summed E-state index contributed by atoms with van der Waals surface area (Å²) >= 11 is 5.40. The first kappa shape index (κ1) is 17.9. The Morgan fingerprint density at radius 1 is 1.04 bits per heavy atom. The second-order valence-electron chi connectivity index (χ2n) is 5.95. The number of nitrogens with one attached hydrogen (secondary N) is 2. The van der Waals surface area contributed by atoms with E-state index in [1.54, 1.807) is 11.9 Å². The van der Waals surface area contributed by atoms with E-state index in [0.717, 1.165) is 22.5 Å². The molecule has 2 N–H and O–H groups in total. The Hall–Kier alpha value is -2.40. The molecule has 0 unspecified atom stereocenters. The zero-order valence-electron chi connectivity index (χ0n) is 14.5. The van der Waals surface area contributed by atoms with Crippen molar-refractivity contribution in [3.8, 4) is 0 Å². The van der Waals surface area contributed by atoms with E-state index in [0.29, 0.717) is 5.11 Å². The van der Waals surface area contributed by atoms with Gasteiger partial charge in [0, 0.05) is 18.4 Å². The predicted octanol–water partition coefficient (Wildman–Crippen LogP) is 3.88. The fraction of sp³-hybridized carbons (Fsp3) is 0.263. The molecule has 24 heavy (non-hydrogen) atoms. The summed E-state index contributed by atoms with van der Waals surface area (Å²) in [5, 5.41) is 6.59. The van der Waals surface area contributed by atoms with Crippen LogP contribution in [0.5, 0.6) is 0 Å². The highest BCUT2D eigenvalue weighted by Crippen LogP contribution is 2.18. The normalized spacial score (nSPS) is 10.2. The third kappa shape index (κ3) is 4.80. The minimum Gasteiger partial charge on any atom is -0.343 e. The third-order valence-electron chi connectivity index (χ3n) is 3.91. The Morgan fingerprint density at radius 2 is 1.71 bits per heavy atom. The first-order valence-corrected chi connectivity index (χ1v) is 8.22. The molecule has 0 saturated heterocycles. The van der Waals surface area contributed by atoms with Crippen LogP contribution in [0.2, 0.25) is 0 Å². The van der Waals surface area contributed by atoms with Gasteiger partial charge in [0.2, 0.25) is 5.91 Å². The Balaban J connectivity index is 1.92. The van der Waals surface area contributed by atoms with Gasteiger partial charge in [0.25, 0.3) is 0 Å². The van der Waals surface area contributed by atoms with Crippen molar-refractivity contribution in [1.82, 2.24) is 4.90 Å². The maximum Gasteiger partial charge on any atom is 0.243 e. The van der Waals surface area contributed by atoms with Gasteiger partial charge in [-0.05, 0) is 62.3 Å². The molecule has 0 aliphatic rings. The molecule has 4 nitrogen and oxygen atoms in total. The van der Waals surface area contributed by atoms with Crippen LogP contribution in [0.4, 0.5) is 11.4 Å². The lowest BCUT2D eigenvalue weighted by molar-refractivity contribution is -0.116. The number of hydrogen-bond acceptors (Lipinski definition) is 2. The van der Waals surface area contributed by atoms with Crippen molar-refractivity contribution in [2.45, 2.75) is 20.8 Å². The van der Waals surface area contributed by atoms with Crippen LogP contribution in [-0.4, -0.2) is 29.5 Å². The zero-order valence-corrected chi connectivity index (χ0v) is 15.3. The van der Waals surface area contributed by atoms with Gasteiger partial charge in [0.05, 0.1) is 6.54 Å². The Kier molecular flexibility index (Phi) is 5.93. The van der Waals surface area contributed by atoms with Crippen molar-refractivity contribution in [3.63, 3.8) is 0 Å². The summed E-state index contributed by atoms with van der Waals surface area (Å²) in [6, 6.07) is 13.7. The van der Waals surface area contributed by atoms with E-state index in [-0.39, 0.29) is 12.5 Å². The summed E-state index contributed by atoms with van der Waals surface area (Å²) in [4.78, 5) is 13.9. The molecular formula is C19H23N3OS. The molecule has 0 radical (unpaired) electrons. The lowest BCUT2D eigenvalue weighted by Crippen LogP contribution is -2.37. The van der Waals surface area contributed by atoms with E-state index in [1.807, 2.05) is 50.2 Å². The number of carbonyl (C=O) groups excluding carboxylic acids is 1. The van der Waals surface area contributed by atoms with Gasteiger partial charge in [-0.1, -0.05) is 29.8 Å². The van der Waals surface area contributed by atoms with Crippen LogP contribution in [0.3, 0.4) is 0 Å². The number of rotatable bonds is 4. The molecule has 0 atom stereocenters. The molecule has 0 heterocycles. The summed E-state index contributed by atoms with van der Waals surface area (Å²) < 4.78 is 0. The summed E-state index contributed by atoms with van der Waals surface area (Å²) in [6.45, 7) is 6.30. The van der Waals surface area contributed by atoms with E-state index in [4.69, 9.17) is 12.2 Å². The van der Waals surface area contributed by atoms with Crippen LogP contribution in [0.25, 0.3) is 0 Å². The summed E-state index contributed by atoms with van der Waals surface area (Å²) in [5.41, 5.74) is 5.25.